The monoisotopic (exact) mass is 330 g/mol. The molecule has 1 aliphatic carbocycles. The number of nitrogens with zero attached hydrogens (tertiary/aromatic N) is 1. The van der Waals surface area contributed by atoms with Gasteiger partial charge in [0.15, 0.2) is 0 Å². The Morgan fingerprint density at radius 1 is 1.38 bits per heavy atom. The lowest BCUT2D eigenvalue weighted by Gasteiger charge is -2.20. The summed E-state index contributed by atoms with van der Waals surface area (Å²) >= 11 is 1.42. The lowest BCUT2D eigenvalue weighted by Crippen LogP contribution is -2.33. The molecule has 0 unspecified atom stereocenters. The summed E-state index contributed by atoms with van der Waals surface area (Å²) in [7, 11) is -3.32. The van der Waals surface area contributed by atoms with Gasteiger partial charge in [0.25, 0.3) is 10.0 Å². The molecule has 1 aliphatic rings. The third-order valence-electron chi connectivity index (χ3n) is 3.76. The first kappa shape index (κ1) is 16.9. The second kappa shape index (κ2) is 7.22. The van der Waals surface area contributed by atoms with E-state index in [1.54, 1.807) is 4.31 Å². The Labute approximate surface area is 132 Å². The van der Waals surface area contributed by atoms with E-state index in [1.165, 1.54) is 24.2 Å². The van der Waals surface area contributed by atoms with Crippen LogP contribution in [0.25, 0.3) is 0 Å². The SMILES string of the molecule is CCCN(CC1CC1)S(=O)(=O)c1cc(C)c(CNCC)s1. The van der Waals surface area contributed by atoms with Gasteiger partial charge >= 0.3 is 0 Å². The van der Waals surface area contributed by atoms with Crippen molar-refractivity contribution in [1.29, 1.82) is 0 Å². The van der Waals surface area contributed by atoms with Crippen LogP contribution in [-0.2, 0) is 16.6 Å². The number of aryl methyl sites for hydroxylation is 1. The zero-order chi connectivity index (χ0) is 15.5. The van der Waals surface area contributed by atoms with Gasteiger partial charge in [-0.15, -0.1) is 11.3 Å². The van der Waals surface area contributed by atoms with E-state index < -0.39 is 10.0 Å². The van der Waals surface area contributed by atoms with E-state index in [0.717, 1.165) is 30.0 Å². The number of thiophene rings is 1. The molecule has 1 fully saturated rings. The van der Waals surface area contributed by atoms with Crippen molar-refractivity contribution in [3.63, 3.8) is 0 Å². The molecule has 1 heterocycles. The van der Waals surface area contributed by atoms with E-state index in [2.05, 4.69) is 12.2 Å². The van der Waals surface area contributed by atoms with Crippen molar-refractivity contribution in [3.05, 3.63) is 16.5 Å². The van der Waals surface area contributed by atoms with Crippen LogP contribution in [0.3, 0.4) is 0 Å². The molecule has 0 aliphatic heterocycles. The summed E-state index contributed by atoms with van der Waals surface area (Å²) in [5.74, 6) is 0.577. The maximum atomic E-state index is 12.8. The molecule has 4 nitrogen and oxygen atoms in total. The zero-order valence-corrected chi connectivity index (χ0v) is 14.8. The largest absolute Gasteiger partial charge is 0.312 e. The van der Waals surface area contributed by atoms with Gasteiger partial charge in [0.1, 0.15) is 4.21 Å². The summed E-state index contributed by atoms with van der Waals surface area (Å²) < 4.78 is 27.9. The molecule has 1 saturated carbocycles. The molecule has 1 N–H and O–H groups in total. The molecule has 0 atom stereocenters. The van der Waals surface area contributed by atoms with Crippen LogP contribution in [0.5, 0.6) is 0 Å². The number of sulfonamides is 1. The van der Waals surface area contributed by atoms with Crippen molar-refractivity contribution >= 4 is 21.4 Å². The normalized spacial score (nSPS) is 15.8. The fourth-order valence-corrected chi connectivity index (χ4v) is 5.63. The third kappa shape index (κ3) is 4.28. The van der Waals surface area contributed by atoms with Gasteiger partial charge in [-0.3, -0.25) is 0 Å². The molecule has 0 saturated heterocycles. The molecule has 1 aromatic rings. The van der Waals surface area contributed by atoms with Gasteiger partial charge in [-0.05, 0) is 50.3 Å². The fraction of sp³-hybridized carbons (Fsp3) is 0.733. The fourth-order valence-electron chi connectivity index (χ4n) is 2.30. The zero-order valence-electron chi connectivity index (χ0n) is 13.2. The van der Waals surface area contributed by atoms with E-state index in [4.69, 9.17) is 0 Å². The molecule has 6 heteroatoms. The lowest BCUT2D eigenvalue weighted by atomic mass is 10.3. The Morgan fingerprint density at radius 2 is 2.10 bits per heavy atom. The maximum Gasteiger partial charge on any atom is 0.252 e. The van der Waals surface area contributed by atoms with Crippen LogP contribution in [0.1, 0.15) is 43.6 Å². The van der Waals surface area contributed by atoms with Gasteiger partial charge in [-0.2, -0.15) is 4.31 Å². The van der Waals surface area contributed by atoms with Crippen LogP contribution in [0.4, 0.5) is 0 Å². The Kier molecular flexibility index (Phi) is 5.82. The second-order valence-corrected chi connectivity index (χ2v) is 9.06. The molecule has 0 amide bonds. The van der Waals surface area contributed by atoms with E-state index >= 15 is 0 Å². The molecular weight excluding hydrogens is 304 g/mol. The number of hydrogen-bond donors (Lipinski definition) is 1. The third-order valence-corrected chi connectivity index (χ3v) is 7.31. The molecule has 21 heavy (non-hydrogen) atoms. The first-order chi connectivity index (χ1) is 9.98. The minimum atomic E-state index is -3.32. The number of rotatable bonds is 9. The molecule has 0 bridgehead atoms. The van der Waals surface area contributed by atoms with Gasteiger partial charge in [0.2, 0.25) is 0 Å². The smallest absolute Gasteiger partial charge is 0.252 e. The molecule has 2 rings (SSSR count). The summed E-state index contributed by atoms with van der Waals surface area (Å²) in [6.45, 7) is 9.04. The summed E-state index contributed by atoms with van der Waals surface area (Å²) in [5, 5.41) is 3.27. The van der Waals surface area contributed by atoms with E-state index in [1.807, 2.05) is 19.9 Å². The van der Waals surface area contributed by atoms with Gasteiger partial charge in [-0.25, -0.2) is 8.42 Å². The van der Waals surface area contributed by atoms with Gasteiger partial charge < -0.3 is 5.32 Å². The van der Waals surface area contributed by atoms with E-state index in [0.29, 0.717) is 23.2 Å². The lowest BCUT2D eigenvalue weighted by molar-refractivity contribution is 0.397. The molecule has 0 spiro atoms. The highest BCUT2D eigenvalue weighted by atomic mass is 32.2. The minimum absolute atomic E-state index is 0.502. The first-order valence-corrected chi connectivity index (χ1v) is 10.0. The Balaban J connectivity index is 2.19. The maximum absolute atomic E-state index is 12.8. The van der Waals surface area contributed by atoms with Crippen molar-refractivity contribution in [2.24, 2.45) is 5.92 Å². The Morgan fingerprint density at radius 3 is 2.67 bits per heavy atom. The minimum Gasteiger partial charge on any atom is -0.312 e. The van der Waals surface area contributed by atoms with Crippen LogP contribution in [0.2, 0.25) is 0 Å². The van der Waals surface area contributed by atoms with Crippen LogP contribution < -0.4 is 5.32 Å². The quantitative estimate of drug-likeness (QED) is 0.757. The van der Waals surface area contributed by atoms with Gasteiger partial charge in [0, 0.05) is 24.5 Å². The Bertz CT molecular complexity index is 562. The van der Waals surface area contributed by atoms with Crippen molar-refractivity contribution < 1.29 is 8.42 Å². The van der Waals surface area contributed by atoms with E-state index in [-0.39, 0.29) is 0 Å². The Hall–Kier alpha value is -0.430. The van der Waals surface area contributed by atoms with Crippen molar-refractivity contribution in [2.45, 2.75) is 50.8 Å². The predicted molar refractivity (Wildman–Crippen MR) is 88.2 cm³/mol. The highest BCUT2D eigenvalue weighted by molar-refractivity contribution is 7.91. The summed E-state index contributed by atoms with van der Waals surface area (Å²) in [5.41, 5.74) is 1.07. The summed E-state index contributed by atoms with van der Waals surface area (Å²) in [6, 6.07) is 1.84. The van der Waals surface area contributed by atoms with Crippen molar-refractivity contribution in [1.82, 2.24) is 9.62 Å². The van der Waals surface area contributed by atoms with Crippen LogP contribution in [-0.4, -0.2) is 32.4 Å². The summed E-state index contributed by atoms with van der Waals surface area (Å²) in [6.07, 6.45) is 3.20. The average molecular weight is 331 g/mol. The number of hydrogen-bond acceptors (Lipinski definition) is 4. The van der Waals surface area contributed by atoms with Crippen LogP contribution in [0.15, 0.2) is 10.3 Å². The van der Waals surface area contributed by atoms with Gasteiger partial charge in [-0.1, -0.05) is 13.8 Å². The van der Waals surface area contributed by atoms with Crippen LogP contribution in [0, 0.1) is 12.8 Å². The number of nitrogens with one attached hydrogen (secondary N) is 1. The molecular formula is C15H26N2O2S2. The highest BCUT2D eigenvalue weighted by Crippen LogP contribution is 2.34. The van der Waals surface area contributed by atoms with E-state index in [9.17, 15) is 8.42 Å². The van der Waals surface area contributed by atoms with Gasteiger partial charge in [0.05, 0.1) is 0 Å². The van der Waals surface area contributed by atoms with Crippen LogP contribution >= 0.6 is 11.3 Å². The predicted octanol–water partition coefficient (Wildman–Crippen LogP) is 2.98. The molecule has 0 radical (unpaired) electrons. The second-order valence-electron chi connectivity index (χ2n) is 5.76. The van der Waals surface area contributed by atoms with Crippen molar-refractivity contribution in [2.75, 3.05) is 19.6 Å². The average Bonchev–Trinajstić information content (AvgIpc) is 3.18. The highest BCUT2D eigenvalue weighted by Gasteiger charge is 2.32. The summed E-state index contributed by atoms with van der Waals surface area (Å²) in [4.78, 5) is 1.12. The molecule has 120 valence electrons. The standard InChI is InChI=1S/C15H26N2O2S2/c1-4-8-17(11-13-6-7-13)21(18,19)15-9-12(3)14(20-15)10-16-5-2/h9,13,16H,4-8,10-11H2,1-3H3. The first-order valence-electron chi connectivity index (χ1n) is 7.79. The molecule has 0 aromatic carbocycles. The van der Waals surface area contributed by atoms with Crippen molar-refractivity contribution in [3.8, 4) is 0 Å². The topological polar surface area (TPSA) is 49.4 Å². The molecule has 1 aromatic heterocycles.